The second-order valence-corrected chi connectivity index (χ2v) is 18.5. The van der Waals surface area contributed by atoms with Crippen LogP contribution in [0.4, 0.5) is 0 Å². The molecule has 0 spiro atoms. The predicted molar refractivity (Wildman–Crippen MR) is 193 cm³/mol. The van der Waals surface area contributed by atoms with E-state index in [1.165, 1.54) is 10.4 Å². The fraction of sp³-hybridized carbons (Fsp3) is 0.475. The molecule has 6 atom stereocenters. The van der Waals surface area contributed by atoms with Crippen molar-refractivity contribution in [2.75, 3.05) is 13.7 Å². The van der Waals surface area contributed by atoms with Crippen molar-refractivity contribution in [2.45, 2.75) is 92.1 Å². The van der Waals surface area contributed by atoms with Crippen LogP contribution in [0.1, 0.15) is 68.7 Å². The summed E-state index contributed by atoms with van der Waals surface area (Å²) in [6.07, 6.45) is 9.04. The fourth-order valence-corrected chi connectivity index (χ4v) is 11.3. The van der Waals surface area contributed by atoms with Crippen molar-refractivity contribution in [1.29, 1.82) is 0 Å². The number of esters is 1. The highest BCUT2D eigenvalue weighted by molar-refractivity contribution is 6.99. The number of benzene rings is 2. The Bertz CT molecular complexity index is 1350. The number of ether oxygens (including phenoxy) is 2. The van der Waals surface area contributed by atoms with Crippen LogP contribution < -0.4 is 10.4 Å². The molecule has 6 heteroatoms. The van der Waals surface area contributed by atoms with Gasteiger partial charge in [-0.05, 0) is 54.6 Å². The molecule has 1 N–H and O–H groups in total. The lowest BCUT2D eigenvalue weighted by molar-refractivity contribution is -0.154. The first-order valence-corrected chi connectivity index (χ1v) is 18.5. The number of carbonyl (C=O) groups excluding carboxylic acids is 1. The highest BCUT2D eigenvalue weighted by atomic mass is 28.4. The molecule has 0 saturated carbocycles. The molecule has 250 valence electrons. The Morgan fingerprint density at radius 3 is 2.07 bits per heavy atom. The number of aliphatic hydroxyl groups excluding tert-OH is 1. The Kier molecular flexibility index (Phi) is 13.6. The molecular weight excluding hydrogens is 589 g/mol. The third-order valence-corrected chi connectivity index (χ3v) is 14.1. The van der Waals surface area contributed by atoms with E-state index in [1.807, 2.05) is 50.3 Å². The van der Waals surface area contributed by atoms with E-state index in [2.05, 4.69) is 96.1 Å². The maximum Gasteiger partial charge on any atom is 0.334 e. The molecule has 0 bridgehead atoms. The van der Waals surface area contributed by atoms with Crippen molar-refractivity contribution in [3.05, 3.63) is 108 Å². The minimum absolute atomic E-state index is 0.0596. The van der Waals surface area contributed by atoms with Gasteiger partial charge in [0.25, 0.3) is 8.32 Å². The van der Waals surface area contributed by atoms with Crippen molar-refractivity contribution in [2.24, 2.45) is 17.8 Å². The van der Waals surface area contributed by atoms with Gasteiger partial charge in [0, 0.05) is 31.1 Å². The first kappa shape index (κ1) is 37.4. The molecule has 1 aliphatic heterocycles. The normalized spacial score (nSPS) is 28.9. The summed E-state index contributed by atoms with van der Waals surface area (Å²) in [5, 5.41) is 13.2. The van der Waals surface area contributed by atoms with Gasteiger partial charge < -0.3 is 19.0 Å². The number of methoxy groups -OCH3 is 1. The van der Waals surface area contributed by atoms with Gasteiger partial charge in [0.05, 0.1) is 6.10 Å². The van der Waals surface area contributed by atoms with Gasteiger partial charge in [-0.3, -0.25) is 0 Å². The molecule has 2 aromatic rings. The van der Waals surface area contributed by atoms with Crippen molar-refractivity contribution >= 4 is 24.7 Å². The molecule has 5 nitrogen and oxygen atoms in total. The fourth-order valence-electron chi connectivity index (χ4n) is 6.66. The standard InChI is InChI=1S/C40H56O5Si/c1-28-18-17-23-36(43-10)38(45-39(42)32(5)26-29(2)25-31(4)37(41)30(3)24-28)33(6)27-44-46(40(7,8)9,34-19-13-11-14-20-34)35-21-15-12-16-22-35/h11-23,25-26,30-31,33,36-38,41H,24,27H2,1-10H3/b23-17+,28-18+,29-25+,32-26+/t30-,31+,33-,36-,37-,38+/m0/s1. The average Bonchev–Trinajstić information content (AvgIpc) is 3.01. The molecule has 0 unspecified atom stereocenters. The summed E-state index contributed by atoms with van der Waals surface area (Å²) >= 11 is 0. The number of cyclic esters (lactones) is 1. The highest BCUT2D eigenvalue weighted by Gasteiger charge is 2.50. The number of allylic oxidation sites excluding steroid dienone is 5. The largest absolute Gasteiger partial charge is 0.456 e. The van der Waals surface area contributed by atoms with Crippen LogP contribution in [0.5, 0.6) is 0 Å². The van der Waals surface area contributed by atoms with E-state index in [4.69, 9.17) is 13.9 Å². The lowest BCUT2D eigenvalue weighted by Crippen LogP contribution is -2.67. The first-order chi connectivity index (χ1) is 21.7. The van der Waals surface area contributed by atoms with Gasteiger partial charge in [0.15, 0.2) is 0 Å². The van der Waals surface area contributed by atoms with Gasteiger partial charge in [0.2, 0.25) is 0 Å². The zero-order valence-corrected chi connectivity index (χ0v) is 30.6. The number of hydrogen-bond acceptors (Lipinski definition) is 5. The molecule has 0 saturated heterocycles. The maximum absolute atomic E-state index is 13.6. The van der Waals surface area contributed by atoms with E-state index in [0.717, 1.165) is 17.6 Å². The average molecular weight is 645 g/mol. The van der Waals surface area contributed by atoms with E-state index < -0.39 is 32.6 Å². The summed E-state index contributed by atoms with van der Waals surface area (Å²) in [4.78, 5) is 13.6. The molecule has 1 aliphatic rings. The third-order valence-electron chi connectivity index (χ3n) is 9.12. The van der Waals surface area contributed by atoms with Crippen LogP contribution in [0, 0.1) is 17.8 Å². The molecule has 0 amide bonds. The van der Waals surface area contributed by atoms with Crippen LogP contribution >= 0.6 is 0 Å². The van der Waals surface area contributed by atoms with E-state index in [-0.39, 0.29) is 22.8 Å². The van der Waals surface area contributed by atoms with Crippen LogP contribution in [-0.2, 0) is 18.7 Å². The SMILES string of the molecule is CO[C@H]1/C=C/C=C(\C)C[C@H](C)[C@H](O)[C@H](C)/C=C(C)/C=C(\C)C(=O)O[C@@H]1[C@@H](C)CO[Si](c1ccccc1)(c1ccccc1)C(C)(C)C. The van der Waals surface area contributed by atoms with E-state index >= 15 is 0 Å². The quantitative estimate of drug-likeness (QED) is 0.249. The molecule has 0 aliphatic carbocycles. The Labute approximate surface area is 279 Å². The second kappa shape index (κ2) is 16.7. The number of rotatable bonds is 7. The van der Waals surface area contributed by atoms with Crippen molar-refractivity contribution < 1.29 is 23.8 Å². The summed E-state index contributed by atoms with van der Waals surface area (Å²) in [5.41, 5.74) is 2.57. The van der Waals surface area contributed by atoms with Gasteiger partial charge >= 0.3 is 5.97 Å². The summed E-state index contributed by atoms with van der Waals surface area (Å²) in [6, 6.07) is 21.1. The van der Waals surface area contributed by atoms with E-state index in [1.54, 1.807) is 14.0 Å². The Morgan fingerprint density at radius 2 is 1.54 bits per heavy atom. The Hall–Kier alpha value is -3.03. The van der Waals surface area contributed by atoms with Crippen LogP contribution in [0.15, 0.2) is 108 Å². The maximum atomic E-state index is 13.6. The lowest BCUT2D eigenvalue weighted by Gasteiger charge is -2.44. The highest BCUT2D eigenvalue weighted by Crippen LogP contribution is 2.37. The minimum atomic E-state index is -2.80. The molecule has 1 heterocycles. The molecular formula is C40H56O5Si. The van der Waals surface area contributed by atoms with Crippen LogP contribution in [-0.4, -0.2) is 51.4 Å². The summed E-state index contributed by atoms with van der Waals surface area (Å²) in [7, 11) is -1.15. The monoisotopic (exact) mass is 644 g/mol. The van der Waals surface area contributed by atoms with Crippen LogP contribution in [0.2, 0.25) is 5.04 Å². The van der Waals surface area contributed by atoms with Gasteiger partial charge in [-0.2, -0.15) is 0 Å². The van der Waals surface area contributed by atoms with Crippen molar-refractivity contribution in [3.8, 4) is 0 Å². The zero-order chi connectivity index (χ0) is 34.1. The van der Waals surface area contributed by atoms with Gasteiger partial charge in [0.1, 0.15) is 12.2 Å². The Morgan fingerprint density at radius 1 is 0.978 bits per heavy atom. The van der Waals surface area contributed by atoms with Gasteiger partial charge in [-0.1, -0.05) is 138 Å². The van der Waals surface area contributed by atoms with Crippen molar-refractivity contribution in [3.63, 3.8) is 0 Å². The summed E-state index contributed by atoms with van der Waals surface area (Å²) in [5.74, 6) is -0.568. The number of aliphatic hydroxyl groups is 1. The molecule has 0 aromatic heterocycles. The topological polar surface area (TPSA) is 65.0 Å². The predicted octanol–water partition coefficient (Wildman–Crippen LogP) is 7.56. The molecule has 3 rings (SSSR count). The zero-order valence-electron chi connectivity index (χ0n) is 29.6. The second-order valence-electron chi connectivity index (χ2n) is 14.2. The Balaban J connectivity index is 2.05. The first-order valence-electron chi connectivity index (χ1n) is 16.6. The van der Waals surface area contributed by atoms with Crippen LogP contribution in [0.25, 0.3) is 0 Å². The molecule has 46 heavy (non-hydrogen) atoms. The van der Waals surface area contributed by atoms with Gasteiger partial charge in [-0.15, -0.1) is 0 Å². The smallest absolute Gasteiger partial charge is 0.334 e. The van der Waals surface area contributed by atoms with E-state index in [9.17, 15) is 9.90 Å². The van der Waals surface area contributed by atoms with Crippen LogP contribution in [0.3, 0.4) is 0 Å². The lowest BCUT2D eigenvalue weighted by atomic mass is 9.87. The minimum Gasteiger partial charge on any atom is -0.456 e. The van der Waals surface area contributed by atoms with E-state index in [0.29, 0.717) is 12.2 Å². The third kappa shape index (κ3) is 9.28. The summed E-state index contributed by atoms with van der Waals surface area (Å²) < 4.78 is 19.5. The molecule has 2 aromatic carbocycles. The van der Waals surface area contributed by atoms with Gasteiger partial charge in [-0.25, -0.2) is 4.79 Å². The van der Waals surface area contributed by atoms with Crippen molar-refractivity contribution in [1.82, 2.24) is 0 Å². The summed E-state index contributed by atoms with van der Waals surface area (Å²) in [6.45, 7) is 19.1. The molecule has 0 fully saturated rings. The number of hydrogen-bond donors (Lipinski definition) is 1. The number of carbonyl (C=O) groups is 1. The molecule has 0 radical (unpaired) electrons.